The number of pyridine rings is 1. The summed E-state index contributed by atoms with van der Waals surface area (Å²) >= 11 is 0. The Morgan fingerprint density at radius 2 is 2.08 bits per heavy atom. The van der Waals surface area contributed by atoms with Crippen LogP contribution in [-0.2, 0) is 6.54 Å². The molecular weight excluding hydrogens is 344 g/mol. The molecule has 3 heterocycles. The van der Waals surface area contributed by atoms with Crippen LogP contribution < -0.4 is 11.5 Å². The summed E-state index contributed by atoms with van der Waals surface area (Å²) in [4.78, 5) is 15.7. The molecular formula is C16H13F2N7O. The Morgan fingerprint density at radius 1 is 1.23 bits per heavy atom. The van der Waals surface area contributed by atoms with Gasteiger partial charge in [0.05, 0.1) is 29.8 Å². The molecule has 0 bridgehead atoms. The first-order chi connectivity index (χ1) is 12.5. The van der Waals surface area contributed by atoms with Crippen molar-refractivity contribution < 1.29 is 13.3 Å². The molecule has 3 rings (SSSR count). The predicted octanol–water partition coefficient (Wildman–Crippen LogP) is 1.71. The minimum absolute atomic E-state index is 0.0177. The fraction of sp³-hybridized carbons (Fsp3) is 0.0625. The maximum atomic E-state index is 13.7. The average Bonchev–Trinajstić information content (AvgIpc) is 3.16. The highest BCUT2D eigenvalue weighted by Crippen LogP contribution is 2.12. The Bertz CT molecular complexity index is 970. The van der Waals surface area contributed by atoms with Crippen LogP contribution in [0.15, 0.2) is 52.4 Å². The van der Waals surface area contributed by atoms with Crippen LogP contribution in [0.3, 0.4) is 0 Å². The Kier molecular flexibility index (Phi) is 4.92. The van der Waals surface area contributed by atoms with Gasteiger partial charge in [-0.15, -0.1) is 0 Å². The maximum Gasteiger partial charge on any atom is 0.183 e. The summed E-state index contributed by atoms with van der Waals surface area (Å²) in [5.41, 5.74) is 12.2. The Morgan fingerprint density at radius 3 is 2.77 bits per heavy atom. The number of aliphatic imine (C=N–C) groups is 1. The lowest BCUT2D eigenvalue weighted by molar-refractivity contribution is 0.418. The number of anilines is 1. The lowest BCUT2D eigenvalue weighted by atomic mass is 10.2. The average molecular weight is 357 g/mol. The molecule has 0 aliphatic rings. The zero-order valence-electron chi connectivity index (χ0n) is 13.3. The van der Waals surface area contributed by atoms with Gasteiger partial charge in [0.1, 0.15) is 17.8 Å². The Hall–Kier alpha value is -3.69. The molecule has 0 saturated carbocycles. The maximum absolute atomic E-state index is 13.7. The van der Waals surface area contributed by atoms with E-state index in [9.17, 15) is 8.78 Å². The van der Waals surface area contributed by atoms with E-state index in [1.54, 1.807) is 6.07 Å². The molecule has 4 N–H and O–H groups in total. The highest BCUT2D eigenvalue weighted by molar-refractivity contribution is 6.10. The summed E-state index contributed by atoms with van der Waals surface area (Å²) in [6, 6.07) is 4.32. The lowest BCUT2D eigenvalue weighted by Crippen LogP contribution is -2.09. The molecule has 0 saturated heterocycles. The molecule has 0 unspecified atom stereocenters. The van der Waals surface area contributed by atoms with Gasteiger partial charge in [-0.25, -0.2) is 18.7 Å². The van der Waals surface area contributed by atoms with Crippen molar-refractivity contribution in [2.24, 2.45) is 10.7 Å². The second-order valence-corrected chi connectivity index (χ2v) is 5.04. The highest BCUT2D eigenvalue weighted by Gasteiger charge is 2.11. The molecule has 0 spiro atoms. The zero-order valence-corrected chi connectivity index (χ0v) is 13.3. The van der Waals surface area contributed by atoms with E-state index >= 15 is 0 Å². The minimum Gasteiger partial charge on any atom is -0.396 e. The van der Waals surface area contributed by atoms with Gasteiger partial charge in [0, 0.05) is 12.3 Å². The molecule has 0 atom stereocenters. The lowest BCUT2D eigenvalue weighted by Gasteiger charge is -2.04. The molecule has 132 valence electrons. The molecule has 3 aromatic rings. The second kappa shape index (κ2) is 7.47. The van der Waals surface area contributed by atoms with Gasteiger partial charge in [0.15, 0.2) is 17.5 Å². The standard InChI is InChI=1S/C16H13F2N7O/c17-9-2-1-4-21-14(9)8-22-13(12-3-5-26-25-12)6-11(19)16-23-7-10(18)15(20)24-16/h1-7H,8,19H2,(H2,20,23,24). The molecule has 0 radical (unpaired) electrons. The highest BCUT2D eigenvalue weighted by atomic mass is 19.1. The molecule has 3 aromatic heterocycles. The first kappa shape index (κ1) is 17.1. The van der Waals surface area contributed by atoms with Crippen molar-refractivity contribution in [3.05, 3.63) is 71.8 Å². The van der Waals surface area contributed by atoms with Gasteiger partial charge in [-0.2, -0.15) is 0 Å². The number of rotatable bonds is 5. The van der Waals surface area contributed by atoms with E-state index in [0.29, 0.717) is 5.69 Å². The Balaban J connectivity index is 1.95. The van der Waals surface area contributed by atoms with E-state index in [1.807, 2.05) is 0 Å². The molecule has 26 heavy (non-hydrogen) atoms. The van der Waals surface area contributed by atoms with Gasteiger partial charge in [-0.05, 0) is 18.2 Å². The van der Waals surface area contributed by atoms with Crippen LogP contribution in [0.25, 0.3) is 5.70 Å². The summed E-state index contributed by atoms with van der Waals surface area (Å²) < 4.78 is 31.7. The smallest absolute Gasteiger partial charge is 0.183 e. The normalized spacial score (nSPS) is 12.4. The fourth-order valence-electron chi connectivity index (χ4n) is 1.97. The van der Waals surface area contributed by atoms with E-state index in [2.05, 4.69) is 25.1 Å². The minimum atomic E-state index is -0.752. The van der Waals surface area contributed by atoms with Crippen molar-refractivity contribution in [2.45, 2.75) is 6.54 Å². The van der Waals surface area contributed by atoms with Crippen molar-refractivity contribution in [3.8, 4) is 0 Å². The number of aromatic nitrogens is 4. The van der Waals surface area contributed by atoms with Crippen molar-refractivity contribution >= 4 is 17.2 Å². The van der Waals surface area contributed by atoms with Gasteiger partial charge in [-0.1, -0.05) is 5.16 Å². The summed E-state index contributed by atoms with van der Waals surface area (Å²) in [6.45, 7) is -0.0505. The van der Waals surface area contributed by atoms with Crippen LogP contribution >= 0.6 is 0 Å². The first-order valence-electron chi connectivity index (χ1n) is 7.34. The summed E-state index contributed by atoms with van der Waals surface area (Å²) in [5.74, 6) is -1.55. The summed E-state index contributed by atoms with van der Waals surface area (Å²) in [6.07, 6.45) is 5.13. The SMILES string of the molecule is NC(=CC(=NCc1ncccc1F)c1ccon1)c1ncc(F)c(N)n1. The quantitative estimate of drug-likeness (QED) is 0.665. The zero-order chi connectivity index (χ0) is 18.5. The Labute approximate surface area is 146 Å². The van der Waals surface area contributed by atoms with Crippen LogP contribution in [0, 0.1) is 11.6 Å². The van der Waals surface area contributed by atoms with Crippen molar-refractivity contribution in [1.82, 2.24) is 20.1 Å². The fourth-order valence-corrected chi connectivity index (χ4v) is 1.97. The number of halogens is 2. The molecule has 0 aromatic carbocycles. The monoisotopic (exact) mass is 357 g/mol. The number of nitrogens with zero attached hydrogens (tertiary/aromatic N) is 5. The third kappa shape index (κ3) is 3.86. The van der Waals surface area contributed by atoms with Crippen molar-refractivity contribution in [3.63, 3.8) is 0 Å². The molecule has 0 aliphatic heterocycles. The summed E-state index contributed by atoms with van der Waals surface area (Å²) in [5, 5.41) is 3.78. The van der Waals surface area contributed by atoms with Gasteiger partial charge >= 0.3 is 0 Å². The number of hydrogen-bond acceptors (Lipinski definition) is 8. The molecule has 8 nitrogen and oxygen atoms in total. The van der Waals surface area contributed by atoms with Crippen molar-refractivity contribution in [1.29, 1.82) is 0 Å². The molecule has 0 amide bonds. The van der Waals surface area contributed by atoms with Crippen LogP contribution in [0.2, 0.25) is 0 Å². The van der Waals surface area contributed by atoms with Gasteiger partial charge < -0.3 is 16.0 Å². The van der Waals surface area contributed by atoms with Gasteiger partial charge in [-0.3, -0.25) is 9.98 Å². The number of hydrogen-bond donors (Lipinski definition) is 2. The van der Waals surface area contributed by atoms with Crippen LogP contribution in [0.4, 0.5) is 14.6 Å². The van der Waals surface area contributed by atoms with E-state index in [0.717, 1.165) is 6.20 Å². The second-order valence-electron chi connectivity index (χ2n) is 5.04. The molecule has 0 fully saturated rings. The van der Waals surface area contributed by atoms with Gasteiger partial charge in [0.25, 0.3) is 0 Å². The van der Waals surface area contributed by atoms with Crippen molar-refractivity contribution in [2.75, 3.05) is 5.73 Å². The number of allylic oxidation sites excluding steroid dienone is 1. The third-order valence-corrected chi connectivity index (χ3v) is 3.26. The number of nitrogen functional groups attached to an aromatic ring is 1. The molecule has 0 aliphatic carbocycles. The third-order valence-electron chi connectivity index (χ3n) is 3.26. The number of nitrogens with two attached hydrogens (primary N) is 2. The molecule has 10 heteroatoms. The van der Waals surface area contributed by atoms with Crippen LogP contribution in [-0.4, -0.2) is 25.8 Å². The van der Waals surface area contributed by atoms with Gasteiger partial charge in [0.2, 0.25) is 0 Å². The largest absolute Gasteiger partial charge is 0.396 e. The summed E-state index contributed by atoms with van der Waals surface area (Å²) in [7, 11) is 0. The van der Waals surface area contributed by atoms with E-state index in [4.69, 9.17) is 16.0 Å². The van der Waals surface area contributed by atoms with Crippen LogP contribution in [0.1, 0.15) is 17.2 Å². The van der Waals surface area contributed by atoms with E-state index < -0.39 is 11.6 Å². The predicted molar refractivity (Wildman–Crippen MR) is 89.5 cm³/mol. The topological polar surface area (TPSA) is 129 Å². The van der Waals surface area contributed by atoms with E-state index in [1.165, 1.54) is 30.7 Å². The first-order valence-corrected chi connectivity index (χ1v) is 7.34. The van der Waals surface area contributed by atoms with Crippen LogP contribution in [0.5, 0.6) is 0 Å². The van der Waals surface area contributed by atoms with E-state index in [-0.39, 0.29) is 35.3 Å².